The summed E-state index contributed by atoms with van der Waals surface area (Å²) in [4.78, 5) is 11.6. The zero-order chi connectivity index (χ0) is 15.3. The van der Waals surface area contributed by atoms with Crippen LogP contribution in [0.2, 0.25) is 0 Å². The maximum atomic E-state index is 11.6. The summed E-state index contributed by atoms with van der Waals surface area (Å²) in [6, 6.07) is 7.55. The molecule has 1 aliphatic rings. The van der Waals surface area contributed by atoms with Gasteiger partial charge in [0.1, 0.15) is 0 Å². The van der Waals surface area contributed by atoms with Crippen molar-refractivity contribution >= 4 is 11.5 Å². The van der Waals surface area contributed by atoms with Crippen molar-refractivity contribution in [3.8, 4) is 0 Å². The second-order valence-electron chi connectivity index (χ2n) is 6.28. The summed E-state index contributed by atoms with van der Waals surface area (Å²) in [5, 5.41) is 13.9. The van der Waals surface area contributed by atoms with Crippen LogP contribution in [0, 0.1) is 5.92 Å². The largest absolute Gasteiger partial charge is 0.388 e. The second-order valence-corrected chi connectivity index (χ2v) is 6.28. The van der Waals surface area contributed by atoms with Gasteiger partial charge in [-0.25, -0.2) is 0 Å². The maximum absolute atomic E-state index is 11.6. The van der Waals surface area contributed by atoms with Crippen LogP contribution in [0.25, 0.3) is 0 Å². The van der Waals surface area contributed by atoms with Gasteiger partial charge in [0.15, 0.2) is 5.78 Å². The summed E-state index contributed by atoms with van der Waals surface area (Å²) in [6.07, 6.45) is 5.76. The van der Waals surface area contributed by atoms with Crippen LogP contribution in [0.4, 0.5) is 5.69 Å². The Morgan fingerprint density at radius 3 is 2.38 bits per heavy atom. The molecule has 1 aromatic carbocycles. The van der Waals surface area contributed by atoms with Crippen LogP contribution in [-0.2, 0) is 0 Å². The number of carbonyl (C=O) groups excluding carboxylic acids is 1. The third-order valence-electron chi connectivity index (χ3n) is 4.76. The Hall–Kier alpha value is -1.35. The lowest BCUT2D eigenvalue weighted by Gasteiger charge is -2.36. The van der Waals surface area contributed by atoms with E-state index >= 15 is 0 Å². The van der Waals surface area contributed by atoms with E-state index in [4.69, 9.17) is 0 Å². The van der Waals surface area contributed by atoms with Gasteiger partial charge in [-0.3, -0.25) is 4.79 Å². The van der Waals surface area contributed by atoms with Crippen LogP contribution < -0.4 is 5.32 Å². The molecule has 0 amide bonds. The van der Waals surface area contributed by atoms with Gasteiger partial charge in [-0.05, 0) is 55.9 Å². The third-order valence-corrected chi connectivity index (χ3v) is 4.76. The maximum Gasteiger partial charge on any atom is 0.162 e. The number of carbonyl (C=O) groups is 1. The molecule has 0 spiro atoms. The van der Waals surface area contributed by atoms with E-state index in [1.54, 1.807) is 0 Å². The van der Waals surface area contributed by atoms with E-state index in [0.717, 1.165) is 42.9 Å². The number of hydrogen-bond acceptors (Lipinski definition) is 3. The first-order valence-electron chi connectivity index (χ1n) is 8.16. The van der Waals surface area contributed by atoms with Crippen molar-refractivity contribution in [1.29, 1.82) is 0 Å². The molecular formula is C18H27NO2. The van der Waals surface area contributed by atoms with Crippen LogP contribution in [0.1, 0.15) is 62.7 Å². The van der Waals surface area contributed by atoms with Crippen molar-refractivity contribution in [3.05, 3.63) is 29.8 Å². The quantitative estimate of drug-likeness (QED) is 0.778. The molecule has 1 aliphatic carbocycles. The second kappa shape index (κ2) is 7.08. The standard InChI is InChI=1S/C18H27NO2/c1-3-14-9-11-18(21,12-10-14)13-19-16-7-5-15(6-8-16)17(20)4-2/h5-8,14,19,21H,3-4,9-13H2,1-2H3. The van der Waals surface area contributed by atoms with Gasteiger partial charge in [0, 0.05) is 24.2 Å². The molecule has 0 radical (unpaired) electrons. The minimum atomic E-state index is -0.580. The molecule has 1 aromatic rings. The molecule has 0 aromatic heterocycles. The van der Waals surface area contributed by atoms with Gasteiger partial charge in [0.2, 0.25) is 0 Å². The molecular weight excluding hydrogens is 262 g/mol. The topological polar surface area (TPSA) is 49.3 Å². The summed E-state index contributed by atoms with van der Waals surface area (Å²) >= 11 is 0. The monoisotopic (exact) mass is 289 g/mol. The summed E-state index contributed by atoms with van der Waals surface area (Å²) in [6.45, 7) is 4.69. The van der Waals surface area contributed by atoms with E-state index < -0.39 is 5.60 Å². The molecule has 1 saturated carbocycles. The van der Waals surface area contributed by atoms with Crippen molar-refractivity contribution in [3.63, 3.8) is 0 Å². The highest BCUT2D eigenvalue weighted by Crippen LogP contribution is 2.33. The number of Topliss-reactive ketones (excluding diaryl/α,β-unsaturated/α-hetero) is 1. The first kappa shape index (κ1) is 16.0. The SMILES string of the molecule is CCC(=O)c1ccc(NCC2(O)CCC(CC)CC2)cc1. The number of nitrogens with one attached hydrogen (secondary N) is 1. The molecule has 0 saturated heterocycles. The van der Waals surface area contributed by atoms with Crippen molar-refractivity contribution < 1.29 is 9.90 Å². The molecule has 0 heterocycles. The summed E-state index contributed by atoms with van der Waals surface area (Å²) in [5.41, 5.74) is 1.14. The van der Waals surface area contributed by atoms with Crippen LogP contribution in [0.5, 0.6) is 0 Å². The Morgan fingerprint density at radius 2 is 1.86 bits per heavy atom. The van der Waals surface area contributed by atoms with Crippen LogP contribution in [-0.4, -0.2) is 23.0 Å². The first-order valence-corrected chi connectivity index (χ1v) is 8.16. The summed E-state index contributed by atoms with van der Waals surface area (Å²) < 4.78 is 0. The predicted octanol–water partition coefficient (Wildman–Crippen LogP) is 4.02. The Kier molecular flexibility index (Phi) is 5.40. The van der Waals surface area contributed by atoms with E-state index in [-0.39, 0.29) is 5.78 Å². The molecule has 21 heavy (non-hydrogen) atoms. The summed E-state index contributed by atoms with van der Waals surface area (Å²) in [5.74, 6) is 0.947. The lowest BCUT2D eigenvalue weighted by Crippen LogP contribution is -2.40. The first-order chi connectivity index (χ1) is 10.1. The molecule has 0 bridgehead atoms. The van der Waals surface area contributed by atoms with Crippen LogP contribution >= 0.6 is 0 Å². The van der Waals surface area contributed by atoms with Crippen molar-refractivity contribution in [1.82, 2.24) is 0 Å². The molecule has 2 rings (SSSR count). The zero-order valence-electron chi connectivity index (χ0n) is 13.2. The van der Waals surface area contributed by atoms with Gasteiger partial charge in [0.25, 0.3) is 0 Å². The molecule has 0 aliphatic heterocycles. The third kappa shape index (κ3) is 4.31. The van der Waals surface area contributed by atoms with E-state index in [0.29, 0.717) is 13.0 Å². The number of ketones is 1. The summed E-state index contributed by atoms with van der Waals surface area (Å²) in [7, 11) is 0. The Balaban J connectivity index is 1.87. The lowest BCUT2D eigenvalue weighted by molar-refractivity contribution is 0.00229. The van der Waals surface area contributed by atoms with Crippen molar-refractivity contribution in [2.45, 2.75) is 58.0 Å². The number of anilines is 1. The highest BCUT2D eigenvalue weighted by atomic mass is 16.3. The predicted molar refractivity (Wildman–Crippen MR) is 86.8 cm³/mol. The van der Waals surface area contributed by atoms with Crippen LogP contribution in [0.3, 0.4) is 0 Å². The van der Waals surface area contributed by atoms with Crippen molar-refractivity contribution in [2.75, 3.05) is 11.9 Å². The lowest BCUT2D eigenvalue weighted by atomic mass is 9.78. The van der Waals surface area contributed by atoms with Gasteiger partial charge in [-0.2, -0.15) is 0 Å². The van der Waals surface area contributed by atoms with Gasteiger partial charge >= 0.3 is 0 Å². The van der Waals surface area contributed by atoms with E-state index in [1.165, 1.54) is 6.42 Å². The molecule has 3 nitrogen and oxygen atoms in total. The highest BCUT2D eigenvalue weighted by molar-refractivity contribution is 5.96. The Morgan fingerprint density at radius 1 is 1.24 bits per heavy atom. The number of hydrogen-bond donors (Lipinski definition) is 2. The highest BCUT2D eigenvalue weighted by Gasteiger charge is 2.32. The smallest absolute Gasteiger partial charge is 0.162 e. The number of benzene rings is 1. The van der Waals surface area contributed by atoms with E-state index in [1.807, 2.05) is 31.2 Å². The van der Waals surface area contributed by atoms with Gasteiger partial charge in [-0.15, -0.1) is 0 Å². The zero-order valence-corrected chi connectivity index (χ0v) is 13.2. The fourth-order valence-electron chi connectivity index (χ4n) is 3.04. The molecule has 116 valence electrons. The average Bonchev–Trinajstić information content (AvgIpc) is 2.53. The van der Waals surface area contributed by atoms with Gasteiger partial charge in [0.05, 0.1) is 5.60 Å². The molecule has 0 atom stereocenters. The van der Waals surface area contributed by atoms with Gasteiger partial charge < -0.3 is 10.4 Å². The average molecular weight is 289 g/mol. The fraction of sp³-hybridized carbons (Fsp3) is 0.611. The molecule has 2 N–H and O–H groups in total. The molecule has 3 heteroatoms. The minimum Gasteiger partial charge on any atom is -0.388 e. The van der Waals surface area contributed by atoms with Gasteiger partial charge in [-0.1, -0.05) is 20.3 Å². The molecule has 0 unspecified atom stereocenters. The number of aliphatic hydroxyl groups is 1. The van der Waals surface area contributed by atoms with Crippen molar-refractivity contribution in [2.24, 2.45) is 5.92 Å². The number of rotatable bonds is 6. The van der Waals surface area contributed by atoms with E-state index in [2.05, 4.69) is 12.2 Å². The minimum absolute atomic E-state index is 0.165. The van der Waals surface area contributed by atoms with Crippen LogP contribution in [0.15, 0.2) is 24.3 Å². The fourth-order valence-corrected chi connectivity index (χ4v) is 3.04. The van der Waals surface area contributed by atoms with E-state index in [9.17, 15) is 9.90 Å². The Labute approximate surface area is 127 Å². The normalized spacial score (nSPS) is 25.6. The Bertz CT molecular complexity index is 459. The molecule has 1 fully saturated rings.